The first-order chi connectivity index (χ1) is 10.4. The van der Waals surface area contributed by atoms with Gasteiger partial charge in [0, 0.05) is 23.6 Å². The molecule has 0 aromatic heterocycles. The van der Waals surface area contributed by atoms with Crippen molar-refractivity contribution >= 4 is 12.4 Å². The van der Waals surface area contributed by atoms with E-state index in [9.17, 15) is 0 Å². The van der Waals surface area contributed by atoms with E-state index in [-0.39, 0.29) is 6.79 Å². The molecule has 4 nitrogen and oxygen atoms in total. The third-order valence-electron chi connectivity index (χ3n) is 3.09. The van der Waals surface area contributed by atoms with E-state index >= 15 is 0 Å². The Hall–Kier alpha value is -2.62. The quantitative estimate of drug-likeness (QED) is 0.744. The van der Waals surface area contributed by atoms with E-state index in [4.69, 9.17) is 9.47 Å². The molecule has 2 aromatic rings. The zero-order valence-corrected chi connectivity index (χ0v) is 11.6. The van der Waals surface area contributed by atoms with Crippen LogP contribution in [0.25, 0.3) is 0 Å². The Balaban J connectivity index is 1.86. The third kappa shape index (κ3) is 3.48. The highest BCUT2D eigenvalue weighted by Crippen LogP contribution is 2.19. The van der Waals surface area contributed by atoms with Crippen molar-refractivity contribution in [2.45, 2.75) is 0 Å². The second-order valence-electron chi connectivity index (χ2n) is 4.55. The standard InChI is InChI=1S/C17H16N2O2/c1-3-7-16-14(5-1)11-18-9-10-19-12-15-6-2-4-8-17(15)21-13-20-16/h1-8,11-12H,9-10,13H2. The lowest BCUT2D eigenvalue weighted by Gasteiger charge is -2.11. The Morgan fingerprint density at radius 3 is 1.67 bits per heavy atom. The lowest BCUT2D eigenvalue weighted by Crippen LogP contribution is -2.08. The van der Waals surface area contributed by atoms with E-state index in [0.29, 0.717) is 13.1 Å². The minimum Gasteiger partial charge on any atom is -0.457 e. The van der Waals surface area contributed by atoms with Gasteiger partial charge in [-0.3, -0.25) is 9.98 Å². The first-order valence-corrected chi connectivity index (χ1v) is 6.87. The van der Waals surface area contributed by atoms with Crippen LogP contribution in [0.15, 0.2) is 58.5 Å². The van der Waals surface area contributed by atoms with Crippen molar-refractivity contribution in [3.63, 3.8) is 0 Å². The van der Waals surface area contributed by atoms with Gasteiger partial charge in [-0.05, 0) is 24.3 Å². The normalized spacial score (nSPS) is 14.5. The topological polar surface area (TPSA) is 43.2 Å². The van der Waals surface area contributed by atoms with Crippen LogP contribution < -0.4 is 9.47 Å². The number of rotatable bonds is 0. The number of fused-ring (bicyclic) bond motifs is 2. The van der Waals surface area contributed by atoms with Crippen molar-refractivity contribution < 1.29 is 9.47 Å². The zero-order valence-electron chi connectivity index (χ0n) is 11.6. The Morgan fingerprint density at radius 1 is 0.667 bits per heavy atom. The van der Waals surface area contributed by atoms with Gasteiger partial charge in [0.15, 0.2) is 0 Å². The molecular formula is C17H16N2O2. The number of ether oxygens (including phenoxy) is 2. The highest BCUT2D eigenvalue weighted by Gasteiger charge is 2.04. The van der Waals surface area contributed by atoms with E-state index in [0.717, 1.165) is 22.6 Å². The van der Waals surface area contributed by atoms with E-state index in [1.807, 2.05) is 61.0 Å². The first kappa shape index (κ1) is 13.4. The van der Waals surface area contributed by atoms with Crippen LogP contribution in [-0.2, 0) is 0 Å². The molecule has 21 heavy (non-hydrogen) atoms. The predicted molar refractivity (Wildman–Crippen MR) is 83.9 cm³/mol. The Bertz CT molecular complexity index is 608. The fraction of sp³-hybridized carbons (Fsp3) is 0.176. The van der Waals surface area contributed by atoms with Crippen LogP contribution in [0.5, 0.6) is 11.5 Å². The van der Waals surface area contributed by atoms with Crippen molar-refractivity contribution in [1.29, 1.82) is 0 Å². The predicted octanol–water partition coefficient (Wildman–Crippen LogP) is 2.95. The molecule has 0 unspecified atom stereocenters. The third-order valence-corrected chi connectivity index (χ3v) is 3.09. The molecule has 4 heteroatoms. The van der Waals surface area contributed by atoms with Crippen LogP contribution in [0.2, 0.25) is 0 Å². The molecule has 0 fully saturated rings. The molecular weight excluding hydrogens is 264 g/mol. The second kappa shape index (κ2) is 6.70. The highest BCUT2D eigenvalue weighted by atomic mass is 16.7. The maximum absolute atomic E-state index is 5.70. The molecule has 3 rings (SSSR count). The number of hydrogen-bond donors (Lipinski definition) is 0. The Morgan fingerprint density at radius 2 is 1.14 bits per heavy atom. The van der Waals surface area contributed by atoms with E-state index in [1.54, 1.807) is 0 Å². The van der Waals surface area contributed by atoms with Gasteiger partial charge >= 0.3 is 0 Å². The van der Waals surface area contributed by atoms with Crippen LogP contribution in [0.1, 0.15) is 11.1 Å². The molecule has 0 aliphatic carbocycles. The number of benzene rings is 2. The van der Waals surface area contributed by atoms with Gasteiger partial charge in [-0.2, -0.15) is 0 Å². The summed E-state index contributed by atoms with van der Waals surface area (Å²) in [6, 6.07) is 15.5. The second-order valence-corrected chi connectivity index (χ2v) is 4.55. The van der Waals surface area contributed by atoms with Crippen LogP contribution in [-0.4, -0.2) is 32.3 Å². The summed E-state index contributed by atoms with van der Waals surface area (Å²) in [4.78, 5) is 8.75. The van der Waals surface area contributed by atoms with Crippen molar-refractivity contribution in [2.24, 2.45) is 9.98 Å². The van der Waals surface area contributed by atoms with Crippen LogP contribution >= 0.6 is 0 Å². The zero-order chi connectivity index (χ0) is 14.3. The number of nitrogens with zero attached hydrogens (tertiary/aromatic N) is 2. The largest absolute Gasteiger partial charge is 0.457 e. The van der Waals surface area contributed by atoms with Gasteiger partial charge in [0.2, 0.25) is 6.79 Å². The fourth-order valence-corrected chi connectivity index (χ4v) is 2.03. The van der Waals surface area contributed by atoms with E-state index in [2.05, 4.69) is 9.98 Å². The lowest BCUT2D eigenvalue weighted by molar-refractivity contribution is 0.119. The van der Waals surface area contributed by atoms with Crippen molar-refractivity contribution in [3.8, 4) is 11.5 Å². The van der Waals surface area contributed by atoms with Gasteiger partial charge in [-0.15, -0.1) is 0 Å². The smallest absolute Gasteiger partial charge is 0.230 e. The lowest BCUT2D eigenvalue weighted by atomic mass is 10.2. The molecule has 0 atom stereocenters. The van der Waals surface area contributed by atoms with E-state index < -0.39 is 0 Å². The summed E-state index contributed by atoms with van der Waals surface area (Å²) in [6.07, 6.45) is 3.63. The maximum Gasteiger partial charge on any atom is 0.230 e. The summed E-state index contributed by atoms with van der Waals surface area (Å²) in [7, 11) is 0. The summed E-state index contributed by atoms with van der Waals surface area (Å²) in [5.74, 6) is 1.53. The average molecular weight is 280 g/mol. The van der Waals surface area contributed by atoms with Crippen LogP contribution in [0.3, 0.4) is 0 Å². The highest BCUT2D eigenvalue weighted by molar-refractivity contribution is 5.84. The Kier molecular flexibility index (Phi) is 4.27. The van der Waals surface area contributed by atoms with Gasteiger partial charge < -0.3 is 9.47 Å². The van der Waals surface area contributed by atoms with E-state index in [1.165, 1.54) is 0 Å². The number of hydrogen-bond acceptors (Lipinski definition) is 4. The molecule has 0 bridgehead atoms. The summed E-state index contributed by atoms with van der Waals surface area (Å²) >= 11 is 0. The molecule has 0 saturated heterocycles. The molecule has 0 spiro atoms. The summed E-state index contributed by atoms with van der Waals surface area (Å²) in [6.45, 7) is 1.44. The van der Waals surface area contributed by atoms with Gasteiger partial charge in [0.1, 0.15) is 11.5 Å². The first-order valence-electron chi connectivity index (χ1n) is 6.87. The molecule has 0 N–H and O–H groups in total. The van der Waals surface area contributed by atoms with Gasteiger partial charge in [-0.25, -0.2) is 0 Å². The number of para-hydroxylation sites is 2. The monoisotopic (exact) mass is 280 g/mol. The molecule has 1 aliphatic rings. The average Bonchev–Trinajstić information content (AvgIpc) is 2.54. The number of aliphatic imine (C=N–C) groups is 2. The summed E-state index contributed by atoms with van der Waals surface area (Å²) in [5.41, 5.74) is 1.88. The molecule has 106 valence electrons. The molecule has 1 aliphatic heterocycles. The van der Waals surface area contributed by atoms with Gasteiger partial charge in [-0.1, -0.05) is 24.3 Å². The molecule has 0 radical (unpaired) electrons. The molecule has 1 heterocycles. The van der Waals surface area contributed by atoms with Crippen molar-refractivity contribution in [2.75, 3.05) is 19.9 Å². The minimum absolute atomic E-state index is 0.149. The SMILES string of the molecule is C1=NCCN=Cc2ccccc2OCOc2ccccc21. The fourth-order valence-electron chi connectivity index (χ4n) is 2.03. The summed E-state index contributed by atoms with van der Waals surface area (Å²) in [5, 5.41) is 0. The maximum atomic E-state index is 5.70. The Labute approximate surface area is 123 Å². The van der Waals surface area contributed by atoms with Crippen LogP contribution in [0.4, 0.5) is 0 Å². The van der Waals surface area contributed by atoms with Gasteiger partial charge in [0.25, 0.3) is 0 Å². The molecule has 0 amide bonds. The van der Waals surface area contributed by atoms with Crippen molar-refractivity contribution in [3.05, 3.63) is 59.7 Å². The van der Waals surface area contributed by atoms with Gasteiger partial charge in [0.05, 0.1) is 13.1 Å². The van der Waals surface area contributed by atoms with Crippen molar-refractivity contribution in [1.82, 2.24) is 0 Å². The summed E-state index contributed by atoms with van der Waals surface area (Å²) < 4.78 is 11.4. The van der Waals surface area contributed by atoms with Crippen LogP contribution in [0, 0.1) is 0 Å². The molecule has 0 saturated carbocycles. The molecule has 2 aromatic carbocycles. The minimum atomic E-state index is 0.149.